The van der Waals surface area contributed by atoms with Crippen molar-refractivity contribution >= 4 is 11.8 Å². The van der Waals surface area contributed by atoms with Crippen LogP contribution in [0, 0.1) is 10.1 Å². The number of carbonyl (C=O) groups excluding carboxylic acids is 1. The van der Waals surface area contributed by atoms with Gasteiger partial charge < -0.3 is 19.7 Å². The molecule has 31 heavy (non-hydrogen) atoms. The van der Waals surface area contributed by atoms with Gasteiger partial charge in [0.25, 0.3) is 5.69 Å². The summed E-state index contributed by atoms with van der Waals surface area (Å²) in [6.45, 7) is 11.0. The number of para-hydroxylation sites is 1. The Hall–Kier alpha value is -3.13. The summed E-state index contributed by atoms with van der Waals surface area (Å²) in [6.07, 6.45) is -2.45. The van der Waals surface area contributed by atoms with Crippen molar-refractivity contribution in [1.29, 1.82) is 0 Å². The molecule has 168 valence electrons. The van der Waals surface area contributed by atoms with Crippen LogP contribution in [-0.2, 0) is 15.6 Å². The molecule has 0 radical (unpaired) electrons. The molecule has 1 unspecified atom stereocenters. The van der Waals surface area contributed by atoms with E-state index in [0.29, 0.717) is 11.1 Å². The van der Waals surface area contributed by atoms with Crippen LogP contribution in [0.5, 0.6) is 11.5 Å². The first-order valence-corrected chi connectivity index (χ1v) is 9.85. The summed E-state index contributed by atoms with van der Waals surface area (Å²) in [5.74, 6) is 0.338. The van der Waals surface area contributed by atoms with Crippen molar-refractivity contribution in [3.8, 4) is 11.5 Å². The lowest BCUT2D eigenvalue weighted by molar-refractivity contribution is -0.386. The number of ether oxygens (including phenoxy) is 2. The molecule has 0 heterocycles. The summed E-state index contributed by atoms with van der Waals surface area (Å²) in [5.41, 5.74) is 0.140. The van der Waals surface area contributed by atoms with Crippen LogP contribution in [0.2, 0.25) is 0 Å². The number of phenolic OH excluding ortho intramolecular Hbond substituents is 1. The zero-order valence-electron chi connectivity index (χ0n) is 18.6. The van der Waals surface area contributed by atoms with Crippen LogP contribution >= 0.6 is 0 Å². The van der Waals surface area contributed by atoms with Crippen LogP contribution in [-0.4, -0.2) is 27.9 Å². The molecule has 2 N–H and O–H groups in total. The molecule has 2 aromatic carbocycles. The second-order valence-electron chi connectivity index (χ2n) is 9.36. The molecule has 0 aliphatic carbocycles. The Morgan fingerprint density at radius 1 is 1.06 bits per heavy atom. The molecule has 0 aliphatic rings. The summed E-state index contributed by atoms with van der Waals surface area (Å²) >= 11 is 0. The minimum Gasteiger partial charge on any atom is -0.508 e. The largest absolute Gasteiger partial charge is 0.513 e. The Kier molecular flexibility index (Phi) is 6.96. The summed E-state index contributed by atoms with van der Waals surface area (Å²) < 4.78 is 10.4. The molecule has 2 rings (SSSR count). The maximum Gasteiger partial charge on any atom is 0.513 e. The number of carbonyl (C=O) groups is 1. The van der Waals surface area contributed by atoms with Gasteiger partial charge in [0.05, 0.1) is 10.5 Å². The second-order valence-corrected chi connectivity index (χ2v) is 9.36. The van der Waals surface area contributed by atoms with Crippen LogP contribution in [0.1, 0.15) is 64.3 Å². The van der Waals surface area contributed by atoms with E-state index in [-0.39, 0.29) is 22.7 Å². The molecule has 0 amide bonds. The maximum atomic E-state index is 12.3. The Morgan fingerprint density at radius 3 is 2.19 bits per heavy atom. The number of nitro groups is 1. The van der Waals surface area contributed by atoms with Gasteiger partial charge in [-0.1, -0.05) is 53.7 Å². The lowest BCUT2D eigenvalue weighted by atomic mass is 9.81. The van der Waals surface area contributed by atoms with Crippen LogP contribution in [0.4, 0.5) is 10.5 Å². The third-order valence-electron chi connectivity index (χ3n) is 4.76. The molecule has 1 atom stereocenters. The SMILES string of the molecule is CC(C)(C)c1cc(OC(=O)OCC(O)c2ccccc2[N+](=O)[O-])c(C(C)(C)C)cc1O. The standard InChI is InChI=1S/C23H29NO7/c1-22(2,3)15-12-20(16(11-18(15)25)23(4,5)6)31-21(27)30-13-19(26)14-9-7-8-10-17(14)24(28)29/h7-12,19,25-26H,13H2,1-6H3. The second kappa shape index (κ2) is 8.93. The fraction of sp³-hybridized carbons (Fsp3) is 0.435. The van der Waals surface area contributed by atoms with Gasteiger partial charge in [-0.05, 0) is 29.0 Å². The molecule has 0 saturated carbocycles. The molecular weight excluding hydrogens is 402 g/mol. The topological polar surface area (TPSA) is 119 Å². The lowest BCUT2D eigenvalue weighted by Crippen LogP contribution is -2.21. The number of aliphatic hydroxyl groups excluding tert-OH is 1. The van der Waals surface area contributed by atoms with Crippen LogP contribution in [0.15, 0.2) is 36.4 Å². The molecule has 2 aromatic rings. The predicted molar refractivity (Wildman–Crippen MR) is 116 cm³/mol. The monoisotopic (exact) mass is 431 g/mol. The highest BCUT2D eigenvalue weighted by atomic mass is 16.7. The number of nitrogens with zero attached hydrogens (tertiary/aromatic N) is 1. The summed E-state index contributed by atoms with van der Waals surface area (Å²) in [4.78, 5) is 22.8. The number of hydrogen-bond donors (Lipinski definition) is 2. The molecule has 0 aromatic heterocycles. The van der Waals surface area contributed by atoms with Crippen molar-refractivity contribution in [2.75, 3.05) is 6.61 Å². The lowest BCUT2D eigenvalue weighted by Gasteiger charge is -2.27. The maximum absolute atomic E-state index is 12.3. The predicted octanol–water partition coefficient (Wildman–Crippen LogP) is 5.14. The van der Waals surface area contributed by atoms with E-state index in [1.54, 1.807) is 18.2 Å². The van der Waals surface area contributed by atoms with Crippen LogP contribution < -0.4 is 4.74 Å². The molecule has 8 heteroatoms. The fourth-order valence-corrected chi connectivity index (χ4v) is 3.13. The minimum atomic E-state index is -1.39. The van der Waals surface area contributed by atoms with Crippen LogP contribution in [0.25, 0.3) is 0 Å². The van der Waals surface area contributed by atoms with Gasteiger partial charge in [-0.3, -0.25) is 10.1 Å². The van der Waals surface area contributed by atoms with E-state index >= 15 is 0 Å². The van der Waals surface area contributed by atoms with Crippen molar-refractivity contribution in [3.63, 3.8) is 0 Å². The van der Waals surface area contributed by atoms with Gasteiger partial charge in [-0.15, -0.1) is 0 Å². The number of aromatic hydroxyl groups is 1. The van der Waals surface area contributed by atoms with Crippen molar-refractivity contribution in [2.24, 2.45) is 0 Å². The van der Waals surface area contributed by atoms with Gasteiger partial charge in [0.1, 0.15) is 24.2 Å². The Labute approximate surface area is 181 Å². The molecule has 0 aliphatic heterocycles. The first-order valence-electron chi connectivity index (χ1n) is 9.85. The zero-order chi connectivity index (χ0) is 23.6. The summed E-state index contributed by atoms with van der Waals surface area (Å²) in [7, 11) is 0. The van der Waals surface area contributed by atoms with E-state index in [2.05, 4.69) is 0 Å². The van der Waals surface area contributed by atoms with Gasteiger partial charge >= 0.3 is 6.16 Å². The molecular formula is C23H29NO7. The highest BCUT2D eigenvalue weighted by Crippen LogP contribution is 2.40. The molecule has 0 spiro atoms. The third kappa shape index (κ3) is 5.95. The number of nitro benzene ring substituents is 1. The summed E-state index contributed by atoms with van der Waals surface area (Å²) in [6, 6.07) is 8.86. The first kappa shape index (κ1) is 24.1. The molecule has 0 bridgehead atoms. The number of hydrogen-bond acceptors (Lipinski definition) is 7. The quantitative estimate of drug-likeness (QED) is 0.291. The number of rotatable bonds is 5. The normalized spacial score (nSPS) is 12.9. The fourth-order valence-electron chi connectivity index (χ4n) is 3.13. The minimum absolute atomic E-state index is 0.0373. The van der Waals surface area contributed by atoms with Gasteiger partial charge in [0.2, 0.25) is 0 Å². The highest BCUT2D eigenvalue weighted by molar-refractivity contribution is 5.66. The van der Waals surface area contributed by atoms with E-state index in [4.69, 9.17) is 9.47 Å². The van der Waals surface area contributed by atoms with Crippen molar-refractivity contribution < 1.29 is 29.4 Å². The van der Waals surface area contributed by atoms with Crippen molar-refractivity contribution in [1.82, 2.24) is 0 Å². The van der Waals surface area contributed by atoms with Gasteiger partial charge in [-0.2, -0.15) is 0 Å². The third-order valence-corrected chi connectivity index (χ3v) is 4.76. The van der Waals surface area contributed by atoms with Crippen LogP contribution in [0.3, 0.4) is 0 Å². The zero-order valence-corrected chi connectivity index (χ0v) is 18.6. The highest BCUT2D eigenvalue weighted by Gasteiger charge is 2.28. The van der Waals surface area contributed by atoms with E-state index in [9.17, 15) is 25.1 Å². The Bertz CT molecular complexity index is 971. The van der Waals surface area contributed by atoms with E-state index < -0.39 is 34.6 Å². The van der Waals surface area contributed by atoms with E-state index in [0.717, 1.165) is 0 Å². The van der Waals surface area contributed by atoms with Gasteiger partial charge in [0, 0.05) is 17.2 Å². The average molecular weight is 431 g/mol. The Balaban J connectivity index is 2.23. The first-order chi connectivity index (χ1) is 14.2. The number of benzene rings is 2. The van der Waals surface area contributed by atoms with Gasteiger partial charge in [-0.25, -0.2) is 4.79 Å². The van der Waals surface area contributed by atoms with Crippen molar-refractivity contribution in [2.45, 2.75) is 58.5 Å². The van der Waals surface area contributed by atoms with Crippen molar-refractivity contribution in [3.05, 3.63) is 63.2 Å². The summed E-state index contributed by atoms with van der Waals surface area (Å²) in [5, 5.41) is 31.8. The van der Waals surface area contributed by atoms with E-state index in [1.165, 1.54) is 18.2 Å². The van der Waals surface area contributed by atoms with E-state index in [1.807, 2.05) is 41.5 Å². The van der Waals surface area contributed by atoms with Gasteiger partial charge in [0.15, 0.2) is 0 Å². The molecule has 8 nitrogen and oxygen atoms in total. The average Bonchev–Trinajstić information content (AvgIpc) is 2.65. The Morgan fingerprint density at radius 2 is 1.65 bits per heavy atom. The molecule has 0 fully saturated rings. The number of phenols is 1. The number of aliphatic hydroxyl groups is 1. The smallest absolute Gasteiger partial charge is 0.508 e. The molecule has 0 saturated heterocycles.